The van der Waals surface area contributed by atoms with Gasteiger partial charge in [-0.15, -0.1) is 0 Å². The van der Waals surface area contributed by atoms with Crippen molar-refractivity contribution in [3.05, 3.63) is 182 Å². The lowest BCUT2D eigenvalue weighted by Crippen LogP contribution is -1.98. The third-order valence-corrected chi connectivity index (χ3v) is 9.11. The highest BCUT2D eigenvalue weighted by molar-refractivity contribution is 6.25. The summed E-state index contributed by atoms with van der Waals surface area (Å²) in [5, 5.41) is 3.70. The topological polar surface area (TPSA) is 17.8 Å². The first kappa shape index (κ1) is 17.6. The summed E-state index contributed by atoms with van der Waals surface area (Å²) >= 11 is 0. The van der Waals surface area contributed by atoms with Crippen molar-refractivity contribution in [2.24, 2.45) is 0 Å². The van der Waals surface area contributed by atoms with Gasteiger partial charge in [0.25, 0.3) is 0 Å². The fraction of sp³-hybridized carbons (Fsp3) is 0. The molecule has 0 saturated heterocycles. The van der Waals surface area contributed by atoms with E-state index in [9.17, 15) is 5.48 Å². The molecule has 2 heteroatoms. The van der Waals surface area contributed by atoms with Crippen molar-refractivity contribution in [1.29, 1.82) is 0 Å². The van der Waals surface area contributed by atoms with Gasteiger partial charge >= 0.3 is 0 Å². The standard InChI is InChI=1S/C47H30N2/c1-2-14-32(15-3-1)47-48-43-24-12-13-25-44(43)49(47)34-28-26-31(27-29-34)45-38-20-8-10-22-40(38)46(41-23-11-9-21-39(41)45)42-30-33-16-4-5-17-35(33)36-18-6-7-19-37(36)42/h1-30H/i1D,2D,3D,8D,9D,10D,11D,14D,15D,20D,21D,22D,23D. The lowest BCUT2D eigenvalue weighted by molar-refractivity contribution is 1.10. The fourth-order valence-electron chi connectivity index (χ4n) is 7.04. The first-order valence-electron chi connectivity index (χ1n) is 22.2. The van der Waals surface area contributed by atoms with Crippen LogP contribution < -0.4 is 0 Å². The molecule has 2 nitrogen and oxygen atoms in total. The number of benzene rings is 9. The van der Waals surface area contributed by atoms with Gasteiger partial charge in [0.1, 0.15) is 5.82 Å². The van der Waals surface area contributed by atoms with E-state index in [1.54, 1.807) is 53.1 Å². The summed E-state index contributed by atoms with van der Waals surface area (Å²) in [6.07, 6.45) is 0. The summed E-state index contributed by atoms with van der Waals surface area (Å²) in [5.41, 5.74) is 2.80. The second kappa shape index (κ2) is 11.0. The van der Waals surface area contributed by atoms with Crippen LogP contribution >= 0.6 is 0 Å². The van der Waals surface area contributed by atoms with Crippen molar-refractivity contribution < 1.29 is 17.8 Å². The molecule has 10 aromatic rings. The van der Waals surface area contributed by atoms with Gasteiger partial charge in [-0.3, -0.25) is 4.57 Å². The van der Waals surface area contributed by atoms with Crippen LogP contribution in [0.4, 0.5) is 0 Å². The van der Waals surface area contributed by atoms with E-state index in [0.29, 0.717) is 27.8 Å². The molecule has 49 heavy (non-hydrogen) atoms. The van der Waals surface area contributed by atoms with Gasteiger partial charge in [0.15, 0.2) is 0 Å². The van der Waals surface area contributed by atoms with Gasteiger partial charge in [0.2, 0.25) is 0 Å². The van der Waals surface area contributed by atoms with Crippen LogP contribution in [0.2, 0.25) is 0 Å². The minimum absolute atomic E-state index is 0.0708. The maximum Gasteiger partial charge on any atom is 0.145 e. The second-order valence-corrected chi connectivity index (χ2v) is 11.7. The smallest absolute Gasteiger partial charge is 0.145 e. The minimum Gasteiger partial charge on any atom is -0.292 e. The zero-order valence-electron chi connectivity index (χ0n) is 38.7. The third-order valence-electron chi connectivity index (χ3n) is 9.11. The molecule has 0 saturated carbocycles. The molecule has 1 aromatic heterocycles. The van der Waals surface area contributed by atoms with Crippen LogP contribution in [0.3, 0.4) is 0 Å². The molecule has 0 atom stereocenters. The summed E-state index contributed by atoms with van der Waals surface area (Å²) in [6, 6.07) is 25.2. The molecular formula is C47H30N2. The molecule has 0 fully saturated rings. The Morgan fingerprint density at radius 2 is 1.02 bits per heavy atom. The predicted octanol–water partition coefficient (Wildman–Crippen LogP) is 12.6. The van der Waals surface area contributed by atoms with E-state index < -0.39 is 54.4 Å². The van der Waals surface area contributed by atoms with Gasteiger partial charge in [0.05, 0.1) is 28.9 Å². The van der Waals surface area contributed by atoms with Crippen LogP contribution in [-0.2, 0) is 0 Å². The molecule has 0 bridgehead atoms. The normalized spacial score (nSPS) is 15.4. The summed E-state index contributed by atoms with van der Waals surface area (Å²) in [6.45, 7) is 0. The van der Waals surface area contributed by atoms with Gasteiger partial charge in [-0.05, 0) is 95.7 Å². The number of para-hydroxylation sites is 2. The molecular weight excluding hydrogens is 593 g/mol. The lowest BCUT2D eigenvalue weighted by Gasteiger charge is -2.20. The largest absolute Gasteiger partial charge is 0.292 e. The Balaban J connectivity index is 1.34. The molecule has 9 aromatic carbocycles. The van der Waals surface area contributed by atoms with E-state index in [1.807, 2.05) is 54.6 Å². The SMILES string of the molecule is [2H]c1c([2H])c([2H])c(-c2nc3ccccc3n2-c2ccc(-c3c4c([2H])c([2H])c([2H])c([2H])c4c(-c4cc5ccccc5c5ccccc45)c4c([2H])c([2H])c([2H])c([2H])c34)cc2)c([2H])c1[2H]. The molecule has 0 spiro atoms. The van der Waals surface area contributed by atoms with Gasteiger partial charge in [0, 0.05) is 11.3 Å². The molecule has 0 aliphatic carbocycles. The Hall–Kier alpha value is -6.51. The molecule has 0 aliphatic rings. The minimum atomic E-state index is -0.536. The van der Waals surface area contributed by atoms with Crippen molar-refractivity contribution in [2.45, 2.75) is 0 Å². The lowest BCUT2D eigenvalue weighted by atomic mass is 9.84. The summed E-state index contributed by atoms with van der Waals surface area (Å²) in [5.74, 6) is 0.0991. The van der Waals surface area contributed by atoms with Gasteiger partial charge in [-0.1, -0.05) is 151 Å². The average Bonchev–Trinajstić information content (AvgIpc) is 3.67. The van der Waals surface area contributed by atoms with Crippen molar-refractivity contribution in [1.82, 2.24) is 9.55 Å². The number of rotatable bonds is 4. The van der Waals surface area contributed by atoms with Crippen LogP contribution in [0.5, 0.6) is 0 Å². The van der Waals surface area contributed by atoms with Crippen LogP contribution in [0, 0.1) is 0 Å². The van der Waals surface area contributed by atoms with Crippen molar-refractivity contribution >= 4 is 54.1 Å². The molecule has 0 amide bonds. The Morgan fingerprint density at radius 3 is 1.73 bits per heavy atom. The molecule has 0 aliphatic heterocycles. The van der Waals surface area contributed by atoms with Crippen LogP contribution in [0.1, 0.15) is 17.8 Å². The Kier molecular flexibility index (Phi) is 3.96. The molecule has 1 heterocycles. The zero-order valence-corrected chi connectivity index (χ0v) is 25.7. The van der Waals surface area contributed by atoms with Gasteiger partial charge in [-0.2, -0.15) is 0 Å². The van der Waals surface area contributed by atoms with E-state index in [2.05, 4.69) is 0 Å². The summed E-state index contributed by atoms with van der Waals surface area (Å²) < 4.78 is 117. The average molecular weight is 636 g/mol. The Labute approximate surface area is 302 Å². The van der Waals surface area contributed by atoms with Crippen LogP contribution in [-0.4, -0.2) is 9.55 Å². The van der Waals surface area contributed by atoms with E-state index in [0.717, 1.165) is 21.5 Å². The quantitative estimate of drug-likeness (QED) is 0.139. The zero-order chi connectivity index (χ0) is 43.6. The number of imidazole rings is 1. The predicted molar refractivity (Wildman–Crippen MR) is 207 cm³/mol. The van der Waals surface area contributed by atoms with Crippen molar-refractivity contribution in [3.8, 4) is 39.3 Å². The summed E-state index contributed by atoms with van der Waals surface area (Å²) in [4.78, 5) is 4.74. The van der Waals surface area contributed by atoms with Gasteiger partial charge < -0.3 is 0 Å². The van der Waals surface area contributed by atoms with E-state index in [4.69, 9.17) is 17.3 Å². The third kappa shape index (κ3) is 4.31. The molecule has 0 unspecified atom stereocenters. The molecule has 0 radical (unpaired) electrons. The monoisotopic (exact) mass is 635 g/mol. The molecule has 0 N–H and O–H groups in total. The Morgan fingerprint density at radius 1 is 0.449 bits per heavy atom. The highest BCUT2D eigenvalue weighted by Gasteiger charge is 2.20. The summed E-state index contributed by atoms with van der Waals surface area (Å²) in [7, 11) is 0. The van der Waals surface area contributed by atoms with Crippen LogP contribution in [0.15, 0.2) is 182 Å². The maximum absolute atomic E-state index is 9.47. The molecule has 228 valence electrons. The van der Waals surface area contributed by atoms with Crippen LogP contribution in [0.25, 0.3) is 93.5 Å². The van der Waals surface area contributed by atoms with E-state index in [1.165, 1.54) is 0 Å². The number of aromatic nitrogens is 2. The maximum atomic E-state index is 9.47. The van der Waals surface area contributed by atoms with E-state index in [-0.39, 0.29) is 68.2 Å². The van der Waals surface area contributed by atoms with E-state index >= 15 is 0 Å². The fourth-order valence-corrected chi connectivity index (χ4v) is 7.04. The highest BCUT2D eigenvalue weighted by Crippen LogP contribution is 2.46. The highest BCUT2D eigenvalue weighted by atomic mass is 15.1. The molecule has 10 rings (SSSR count). The van der Waals surface area contributed by atoms with Gasteiger partial charge in [-0.25, -0.2) is 4.98 Å². The van der Waals surface area contributed by atoms with Crippen molar-refractivity contribution in [2.75, 3.05) is 0 Å². The second-order valence-electron chi connectivity index (χ2n) is 11.7. The first-order valence-corrected chi connectivity index (χ1v) is 15.7. The Bertz CT molecular complexity index is 3510. The number of hydrogen-bond donors (Lipinski definition) is 0. The van der Waals surface area contributed by atoms with Crippen molar-refractivity contribution in [3.63, 3.8) is 0 Å². The number of fused-ring (bicyclic) bond motifs is 6. The first-order chi connectivity index (χ1) is 29.7. The number of hydrogen-bond acceptors (Lipinski definition) is 1. The number of nitrogens with zero attached hydrogens (tertiary/aromatic N) is 2.